The Kier molecular flexibility index (Phi) is 7.31. The van der Waals surface area contributed by atoms with E-state index in [0.717, 1.165) is 11.6 Å². The van der Waals surface area contributed by atoms with E-state index in [1.54, 1.807) is 6.92 Å². The minimum Gasteiger partial charge on any atom is -0.490 e. The summed E-state index contributed by atoms with van der Waals surface area (Å²) < 4.78 is 4.88. The number of carbonyl (C=O) groups excluding carboxylic acids is 3. The number of benzene rings is 2. The summed E-state index contributed by atoms with van der Waals surface area (Å²) in [7, 11) is 1.27. The lowest BCUT2D eigenvalue weighted by Crippen LogP contribution is -2.46. The Morgan fingerprint density at radius 2 is 1.82 bits per heavy atom. The lowest BCUT2D eigenvalue weighted by molar-refractivity contribution is -0.385. The van der Waals surface area contributed by atoms with Gasteiger partial charge in [-0.3, -0.25) is 35.3 Å². The highest BCUT2D eigenvalue weighted by Crippen LogP contribution is 2.28. The second kappa shape index (κ2) is 10.3. The van der Waals surface area contributed by atoms with Gasteiger partial charge in [0.2, 0.25) is 0 Å². The Morgan fingerprint density at radius 1 is 1.09 bits per heavy atom. The van der Waals surface area contributed by atoms with Crippen LogP contribution in [0.15, 0.2) is 48.5 Å². The van der Waals surface area contributed by atoms with Crippen molar-refractivity contribution in [3.05, 3.63) is 74.8 Å². The maximum Gasteiger partial charge on any atom is 0.311 e. The van der Waals surface area contributed by atoms with Crippen molar-refractivity contribution >= 4 is 34.7 Å². The maximum atomic E-state index is 12.4. The zero-order chi connectivity index (χ0) is 24.0. The van der Waals surface area contributed by atoms with E-state index in [-0.39, 0.29) is 17.0 Å². The molecule has 170 valence electrons. The molecule has 0 radical (unpaired) electrons. The van der Waals surface area contributed by atoms with Crippen LogP contribution >= 0.6 is 11.3 Å². The molecule has 0 spiro atoms. The molecule has 0 aliphatic rings. The van der Waals surface area contributed by atoms with Gasteiger partial charge < -0.3 is 10.1 Å². The van der Waals surface area contributed by atoms with E-state index in [1.807, 2.05) is 30.3 Å². The summed E-state index contributed by atoms with van der Waals surface area (Å²) >= 11 is 1.19. The van der Waals surface area contributed by atoms with E-state index < -0.39 is 29.2 Å². The minimum atomic E-state index is -0.701. The summed E-state index contributed by atoms with van der Waals surface area (Å²) in [4.78, 5) is 51.8. The first-order chi connectivity index (χ1) is 15.8. The van der Waals surface area contributed by atoms with Crippen LogP contribution in [0.25, 0.3) is 10.6 Å². The van der Waals surface area contributed by atoms with Crippen molar-refractivity contribution in [2.45, 2.75) is 6.92 Å². The molecular weight excluding hydrogens is 450 g/mol. The number of nitro groups is 1. The molecule has 0 saturated heterocycles. The number of aromatic nitrogens is 1. The number of hydrogen-bond donors (Lipinski definition) is 3. The van der Waals surface area contributed by atoms with Gasteiger partial charge in [-0.05, 0) is 19.1 Å². The molecule has 12 heteroatoms. The van der Waals surface area contributed by atoms with E-state index in [0.29, 0.717) is 15.6 Å². The number of methoxy groups -OCH3 is 1. The third-order valence-corrected chi connectivity index (χ3v) is 5.59. The molecule has 1 aromatic heterocycles. The van der Waals surface area contributed by atoms with Crippen molar-refractivity contribution in [3.63, 3.8) is 0 Å². The SMILES string of the molecule is COc1ccc(C(=O)NCC(=O)NNC(=O)c2sc(-c3ccccc3)nc2C)cc1[N+](=O)[O-]. The van der Waals surface area contributed by atoms with Gasteiger partial charge in [0.25, 0.3) is 17.7 Å². The van der Waals surface area contributed by atoms with Gasteiger partial charge in [0.1, 0.15) is 9.88 Å². The van der Waals surface area contributed by atoms with Crippen LogP contribution in [-0.2, 0) is 4.79 Å². The lowest BCUT2D eigenvalue weighted by atomic mass is 10.1. The van der Waals surface area contributed by atoms with Crippen LogP contribution in [-0.4, -0.2) is 41.3 Å². The van der Waals surface area contributed by atoms with Crippen molar-refractivity contribution in [2.75, 3.05) is 13.7 Å². The van der Waals surface area contributed by atoms with Crippen LogP contribution in [0.3, 0.4) is 0 Å². The van der Waals surface area contributed by atoms with Gasteiger partial charge >= 0.3 is 5.69 Å². The highest BCUT2D eigenvalue weighted by atomic mass is 32.1. The summed E-state index contributed by atoms with van der Waals surface area (Å²) in [5.41, 5.74) is 5.48. The Morgan fingerprint density at radius 3 is 2.48 bits per heavy atom. The average Bonchev–Trinajstić information content (AvgIpc) is 3.22. The number of rotatable bonds is 7. The zero-order valence-electron chi connectivity index (χ0n) is 17.6. The molecule has 3 rings (SSSR count). The molecule has 0 aliphatic heterocycles. The fourth-order valence-electron chi connectivity index (χ4n) is 2.78. The molecule has 3 N–H and O–H groups in total. The molecule has 1 heterocycles. The highest BCUT2D eigenvalue weighted by molar-refractivity contribution is 7.17. The van der Waals surface area contributed by atoms with Gasteiger partial charge in [0, 0.05) is 17.2 Å². The monoisotopic (exact) mass is 469 g/mol. The number of carbonyl (C=O) groups is 3. The Bertz CT molecular complexity index is 1210. The summed E-state index contributed by atoms with van der Waals surface area (Å²) in [6.45, 7) is 1.23. The summed E-state index contributed by atoms with van der Waals surface area (Å²) in [6, 6.07) is 13.0. The number of ether oxygens (including phenoxy) is 1. The van der Waals surface area contributed by atoms with Crippen molar-refractivity contribution in [3.8, 4) is 16.3 Å². The van der Waals surface area contributed by atoms with Crippen LogP contribution < -0.4 is 20.9 Å². The molecule has 3 aromatic rings. The number of thiazole rings is 1. The van der Waals surface area contributed by atoms with Gasteiger partial charge in [-0.2, -0.15) is 0 Å². The predicted octanol–water partition coefficient (Wildman–Crippen LogP) is 2.23. The molecule has 0 bridgehead atoms. The second-order valence-electron chi connectivity index (χ2n) is 6.63. The van der Waals surface area contributed by atoms with Gasteiger partial charge in [0.05, 0.1) is 24.3 Å². The van der Waals surface area contributed by atoms with E-state index in [4.69, 9.17) is 4.74 Å². The maximum absolute atomic E-state index is 12.4. The van der Waals surface area contributed by atoms with Crippen molar-refractivity contribution in [1.82, 2.24) is 21.2 Å². The molecule has 11 nitrogen and oxygen atoms in total. The standard InChI is InChI=1S/C21H19N5O6S/c1-12-18(33-21(23-12)13-6-4-3-5-7-13)20(29)25-24-17(27)11-22-19(28)14-8-9-16(32-2)15(10-14)26(30)31/h3-10H,11H2,1-2H3,(H,22,28)(H,24,27)(H,25,29). The summed E-state index contributed by atoms with van der Waals surface area (Å²) in [5.74, 6) is -1.93. The summed E-state index contributed by atoms with van der Waals surface area (Å²) in [5, 5.41) is 14.1. The number of hydrogen-bond acceptors (Lipinski definition) is 8. The Labute approximate surface area is 191 Å². The Balaban J connectivity index is 1.54. The summed E-state index contributed by atoms with van der Waals surface area (Å²) in [6.07, 6.45) is 0. The fraction of sp³-hybridized carbons (Fsp3) is 0.143. The van der Waals surface area contributed by atoms with Crippen molar-refractivity contribution < 1.29 is 24.0 Å². The minimum absolute atomic E-state index is 0.00536. The van der Waals surface area contributed by atoms with E-state index in [1.165, 1.54) is 30.6 Å². The van der Waals surface area contributed by atoms with E-state index >= 15 is 0 Å². The number of aryl methyl sites for hydroxylation is 1. The number of nitrogens with one attached hydrogen (secondary N) is 3. The molecule has 33 heavy (non-hydrogen) atoms. The smallest absolute Gasteiger partial charge is 0.311 e. The van der Waals surface area contributed by atoms with E-state index in [9.17, 15) is 24.5 Å². The highest BCUT2D eigenvalue weighted by Gasteiger charge is 2.19. The molecule has 0 fully saturated rings. The normalized spacial score (nSPS) is 10.2. The first kappa shape index (κ1) is 23.3. The van der Waals surface area contributed by atoms with Gasteiger partial charge in [-0.25, -0.2) is 4.98 Å². The van der Waals surface area contributed by atoms with Gasteiger partial charge in [-0.1, -0.05) is 30.3 Å². The van der Waals surface area contributed by atoms with Crippen LogP contribution in [0.4, 0.5) is 5.69 Å². The fourth-order valence-corrected chi connectivity index (χ4v) is 3.74. The van der Waals surface area contributed by atoms with E-state index in [2.05, 4.69) is 21.2 Å². The quantitative estimate of drug-likeness (QED) is 0.354. The number of nitrogens with zero attached hydrogens (tertiary/aromatic N) is 2. The van der Waals surface area contributed by atoms with Crippen molar-refractivity contribution in [1.29, 1.82) is 0 Å². The largest absolute Gasteiger partial charge is 0.490 e. The average molecular weight is 469 g/mol. The third-order valence-electron chi connectivity index (χ3n) is 4.39. The number of amides is 3. The molecule has 0 unspecified atom stereocenters. The zero-order valence-corrected chi connectivity index (χ0v) is 18.4. The van der Waals surface area contributed by atoms with Crippen LogP contribution in [0, 0.1) is 17.0 Å². The second-order valence-corrected chi connectivity index (χ2v) is 7.63. The lowest BCUT2D eigenvalue weighted by Gasteiger charge is -2.08. The first-order valence-electron chi connectivity index (χ1n) is 9.52. The molecule has 0 saturated carbocycles. The topological polar surface area (TPSA) is 153 Å². The van der Waals surface area contributed by atoms with Crippen LogP contribution in [0.2, 0.25) is 0 Å². The molecular formula is C21H19N5O6S. The van der Waals surface area contributed by atoms with Gasteiger partial charge in [-0.15, -0.1) is 11.3 Å². The van der Waals surface area contributed by atoms with Crippen molar-refractivity contribution in [2.24, 2.45) is 0 Å². The molecule has 0 aliphatic carbocycles. The number of hydrazine groups is 1. The molecule has 3 amide bonds. The van der Waals surface area contributed by atoms with Crippen LogP contribution in [0.1, 0.15) is 25.7 Å². The molecule has 0 atom stereocenters. The Hall–Kier alpha value is -4.32. The van der Waals surface area contributed by atoms with Crippen LogP contribution in [0.5, 0.6) is 5.75 Å². The van der Waals surface area contributed by atoms with Gasteiger partial charge in [0.15, 0.2) is 5.75 Å². The molecule has 2 aromatic carbocycles. The first-order valence-corrected chi connectivity index (χ1v) is 10.3. The number of nitro benzene ring substituents is 1. The third kappa shape index (κ3) is 5.68. The predicted molar refractivity (Wildman–Crippen MR) is 120 cm³/mol.